The van der Waals surface area contributed by atoms with Crippen LogP contribution in [0.2, 0.25) is 0 Å². The Labute approximate surface area is 67.5 Å². The van der Waals surface area contributed by atoms with Crippen LogP contribution in [0.15, 0.2) is 0 Å². The average Bonchev–Trinajstić information content (AvgIpc) is 2.54. The van der Waals surface area contributed by atoms with Gasteiger partial charge >= 0.3 is 0 Å². The molecule has 1 aliphatic rings. The molecule has 1 unspecified atom stereocenters. The molecular weight excluding hydrogens is 142 g/mol. The summed E-state index contributed by atoms with van der Waals surface area (Å²) in [5.41, 5.74) is 5.60. The van der Waals surface area contributed by atoms with Gasteiger partial charge in [0, 0.05) is 6.04 Å². The van der Waals surface area contributed by atoms with Gasteiger partial charge in [-0.25, -0.2) is 0 Å². The SMILES string of the molecule is CC1(C)OC1CC[C@H](N)CO. The van der Waals surface area contributed by atoms with E-state index < -0.39 is 0 Å². The highest BCUT2D eigenvalue weighted by Crippen LogP contribution is 2.38. The van der Waals surface area contributed by atoms with Crippen molar-refractivity contribution in [3.05, 3.63) is 0 Å². The Balaban J connectivity index is 2.06. The Morgan fingerprint density at radius 3 is 2.55 bits per heavy atom. The molecule has 0 bridgehead atoms. The fourth-order valence-corrected chi connectivity index (χ4v) is 1.20. The summed E-state index contributed by atoms with van der Waals surface area (Å²) in [7, 11) is 0. The van der Waals surface area contributed by atoms with Gasteiger partial charge in [-0.3, -0.25) is 0 Å². The summed E-state index contributed by atoms with van der Waals surface area (Å²) in [6, 6.07) is -0.0741. The number of hydrogen-bond donors (Lipinski definition) is 2. The van der Waals surface area contributed by atoms with Crippen molar-refractivity contribution in [2.75, 3.05) is 6.61 Å². The molecule has 2 atom stereocenters. The summed E-state index contributed by atoms with van der Waals surface area (Å²) in [5, 5.41) is 8.63. The van der Waals surface area contributed by atoms with Crippen LogP contribution in [0.5, 0.6) is 0 Å². The van der Waals surface area contributed by atoms with Gasteiger partial charge in [-0.15, -0.1) is 0 Å². The minimum Gasteiger partial charge on any atom is -0.395 e. The maximum Gasteiger partial charge on any atom is 0.0892 e. The molecule has 1 aliphatic heterocycles. The number of epoxide rings is 1. The lowest BCUT2D eigenvalue weighted by Gasteiger charge is -2.05. The fraction of sp³-hybridized carbons (Fsp3) is 1.00. The van der Waals surface area contributed by atoms with Crippen LogP contribution in [0.1, 0.15) is 26.7 Å². The van der Waals surface area contributed by atoms with Crippen molar-refractivity contribution in [2.45, 2.75) is 44.4 Å². The summed E-state index contributed by atoms with van der Waals surface area (Å²) in [5.74, 6) is 0. The third kappa shape index (κ3) is 2.43. The van der Waals surface area contributed by atoms with E-state index in [1.165, 1.54) is 0 Å². The molecule has 0 spiro atoms. The summed E-state index contributed by atoms with van der Waals surface area (Å²) in [6.07, 6.45) is 2.18. The molecule has 1 heterocycles. The van der Waals surface area contributed by atoms with E-state index in [0.29, 0.717) is 6.10 Å². The maximum absolute atomic E-state index is 8.63. The van der Waals surface area contributed by atoms with Crippen LogP contribution < -0.4 is 5.73 Å². The number of aliphatic hydroxyl groups is 1. The average molecular weight is 159 g/mol. The molecule has 0 aromatic rings. The van der Waals surface area contributed by atoms with E-state index in [1.54, 1.807) is 0 Å². The molecule has 1 rings (SSSR count). The zero-order valence-electron chi connectivity index (χ0n) is 7.21. The Kier molecular flexibility index (Phi) is 2.52. The van der Waals surface area contributed by atoms with E-state index in [-0.39, 0.29) is 18.2 Å². The molecule has 3 N–H and O–H groups in total. The molecule has 11 heavy (non-hydrogen) atoms. The first kappa shape index (κ1) is 8.97. The van der Waals surface area contributed by atoms with E-state index in [1.807, 2.05) is 0 Å². The molecule has 0 aromatic carbocycles. The highest BCUT2D eigenvalue weighted by atomic mass is 16.6. The lowest BCUT2D eigenvalue weighted by Crippen LogP contribution is -2.25. The second kappa shape index (κ2) is 3.09. The number of hydrogen-bond acceptors (Lipinski definition) is 3. The molecule has 0 radical (unpaired) electrons. The van der Waals surface area contributed by atoms with Gasteiger partial charge in [0.15, 0.2) is 0 Å². The summed E-state index contributed by atoms with van der Waals surface area (Å²) < 4.78 is 5.36. The topological polar surface area (TPSA) is 58.8 Å². The van der Waals surface area contributed by atoms with Gasteiger partial charge in [-0.05, 0) is 26.7 Å². The second-order valence-electron chi connectivity index (χ2n) is 3.73. The van der Waals surface area contributed by atoms with Crippen LogP contribution in [0, 0.1) is 0 Å². The Hall–Kier alpha value is -0.120. The van der Waals surface area contributed by atoms with Crippen LogP contribution in [0.4, 0.5) is 0 Å². The van der Waals surface area contributed by atoms with Crippen molar-refractivity contribution in [1.82, 2.24) is 0 Å². The molecular formula is C8H17NO2. The summed E-state index contributed by atoms with van der Waals surface area (Å²) in [6.45, 7) is 4.22. The van der Waals surface area contributed by atoms with Gasteiger partial charge in [-0.2, -0.15) is 0 Å². The van der Waals surface area contributed by atoms with Gasteiger partial charge in [0.2, 0.25) is 0 Å². The van der Waals surface area contributed by atoms with Crippen LogP contribution in [0.25, 0.3) is 0 Å². The molecule has 3 nitrogen and oxygen atoms in total. The Morgan fingerprint density at radius 2 is 2.18 bits per heavy atom. The zero-order valence-corrected chi connectivity index (χ0v) is 7.21. The predicted molar refractivity (Wildman–Crippen MR) is 43.2 cm³/mol. The quantitative estimate of drug-likeness (QED) is 0.579. The Morgan fingerprint density at radius 1 is 1.64 bits per heavy atom. The smallest absolute Gasteiger partial charge is 0.0892 e. The largest absolute Gasteiger partial charge is 0.395 e. The highest BCUT2D eigenvalue weighted by Gasteiger charge is 2.46. The highest BCUT2D eigenvalue weighted by molar-refractivity contribution is 4.94. The van der Waals surface area contributed by atoms with E-state index in [0.717, 1.165) is 12.8 Å². The lowest BCUT2D eigenvalue weighted by molar-refractivity contribution is 0.253. The molecule has 1 saturated heterocycles. The minimum atomic E-state index is -0.0741. The first-order chi connectivity index (χ1) is 5.06. The standard InChI is InChI=1S/C8H17NO2/c1-8(2)7(11-8)4-3-6(9)5-10/h6-7,10H,3-5,9H2,1-2H3/t6-,7?/m0/s1. The van der Waals surface area contributed by atoms with Crippen LogP contribution >= 0.6 is 0 Å². The first-order valence-electron chi connectivity index (χ1n) is 4.10. The maximum atomic E-state index is 8.63. The van der Waals surface area contributed by atoms with Crippen LogP contribution in [-0.4, -0.2) is 29.5 Å². The van der Waals surface area contributed by atoms with Crippen LogP contribution in [0.3, 0.4) is 0 Å². The van der Waals surface area contributed by atoms with Crippen molar-refractivity contribution in [1.29, 1.82) is 0 Å². The first-order valence-corrected chi connectivity index (χ1v) is 4.10. The molecule has 0 amide bonds. The normalized spacial score (nSPS) is 30.0. The van der Waals surface area contributed by atoms with Crippen molar-refractivity contribution >= 4 is 0 Å². The van der Waals surface area contributed by atoms with Gasteiger partial charge in [0.1, 0.15) is 0 Å². The fourth-order valence-electron chi connectivity index (χ4n) is 1.20. The second-order valence-corrected chi connectivity index (χ2v) is 3.73. The summed E-state index contributed by atoms with van der Waals surface area (Å²) in [4.78, 5) is 0. The molecule has 0 saturated carbocycles. The molecule has 3 heteroatoms. The Bertz CT molecular complexity index is 136. The minimum absolute atomic E-state index is 0.0647. The zero-order chi connectivity index (χ0) is 8.48. The van der Waals surface area contributed by atoms with E-state index in [2.05, 4.69) is 13.8 Å². The molecule has 1 fully saturated rings. The number of aliphatic hydroxyl groups excluding tert-OH is 1. The monoisotopic (exact) mass is 159 g/mol. The predicted octanol–water partition coefficient (Wildman–Crippen LogP) is 0.264. The molecule has 0 aliphatic carbocycles. The van der Waals surface area contributed by atoms with E-state index >= 15 is 0 Å². The van der Waals surface area contributed by atoms with Crippen molar-refractivity contribution in [3.63, 3.8) is 0 Å². The van der Waals surface area contributed by atoms with Gasteiger partial charge in [-0.1, -0.05) is 0 Å². The molecule has 66 valence electrons. The summed E-state index contributed by atoms with van der Waals surface area (Å²) >= 11 is 0. The van der Waals surface area contributed by atoms with Crippen molar-refractivity contribution < 1.29 is 9.84 Å². The number of rotatable bonds is 4. The molecule has 0 aromatic heterocycles. The van der Waals surface area contributed by atoms with Gasteiger partial charge < -0.3 is 15.6 Å². The third-order valence-corrected chi connectivity index (χ3v) is 2.20. The third-order valence-electron chi connectivity index (χ3n) is 2.20. The van der Waals surface area contributed by atoms with Crippen molar-refractivity contribution in [3.8, 4) is 0 Å². The van der Waals surface area contributed by atoms with E-state index in [4.69, 9.17) is 15.6 Å². The van der Waals surface area contributed by atoms with Crippen molar-refractivity contribution in [2.24, 2.45) is 5.73 Å². The van der Waals surface area contributed by atoms with E-state index in [9.17, 15) is 0 Å². The number of ether oxygens (including phenoxy) is 1. The van der Waals surface area contributed by atoms with Crippen LogP contribution in [-0.2, 0) is 4.74 Å². The number of nitrogens with two attached hydrogens (primary N) is 1. The lowest BCUT2D eigenvalue weighted by atomic mass is 10.0. The van der Waals surface area contributed by atoms with Gasteiger partial charge in [0.05, 0.1) is 18.3 Å². The van der Waals surface area contributed by atoms with Gasteiger partial charge in [0.25, 0.3) is 0 Å².